The van der Waals surface area contributed by atoms with E-state index in [-0.39, 0.29) is 16.9 Å². The van der Waals surface area contributed by atoms with Crippen molar-refractivity contribution in [1.82, 2.24) is 10.6 Å². The molecule has 3 rings (SSSR count). The highest BCUT2D eigenvalue weighted by molar-refractivity contribution is 6.00. The Hall–Kier alpha value is -3.07. The molecule has 1 fully saturated rings. The van der Waals surface area contributed by atoms with E-state index < -0.39 is 35.7 Å². The number of hydrogen-bond donors (Lipinski definition) is 4. The van der Waals surface area contributed by atoms with Gasteiger partial charge in [-0.1, -0.05) is 42.0 Å². The van der Waals surface area contributed by atoms with Crippen molar-refractivity contribution < 1.29 is 33.0 Å². The number of alkyl halides is 3. The number of carbonyl (C=O) groups excluding carboxylic acids is 2. The highest BCUT2D eigenvalue weighted by Crippen LogP contribution is 2.44. The van der Waals surface area contributed by atoms with Crippen LogP contribution in [0.3, 0.4) is 0 Å². The van der Waals surface area contributed by atoms with Crippen LogP contribution in [0.1, 0.15) is 27.5 Å². The Morgan fingerprint density at radius 3 is 2.18 bits per heavy atom. The van der Waals surface area contributed by atoms with E-state index in [4.69, 9.17) is 0 Å². The van der Waals surface area contributed by atoms with E-state index in [0.29, 0.717) is 0 Å². The maximum atomic E-state index is 13.8. The number of carbonyl (C=O) groups is 2. The van der Waals surface area contributed by atoms with Crippen molar-refractivity contribution in [3.63, 3.8) is 0 Å². The molecule has 9 heteroatoms. The third-order valence-electron chi connectivity index (χ3n) is 4.68. The first kappa shape index (κ1) is 19.7. The van der Waals surface area contributed by atoms with Gasteiger partial charge in [0.2, 0.25) is 5.72 Å². The predicted octanol–water partition coefficient (Wildman–Crippen LogP) is 2.80. The summed E-state index contributed by atoms with van der Waals surface area (Å²) in [5, 5.41) is 23.6. The molecule has 0 aromatic heterocycles. The number of benzene rings is 2. The standard InChI is InChI=1S/C19H17F3N2O4/c1-10-2-4-12(5-3-10)16(26)14-15(11-6-8-13(25)9-7-11)23-17(27)24-18(14,28)19(20,21)22/h2-9,14-15,25,28H,1H3,(H2,23,24,27)/t14-,15-,18-/m0/s1. The van der Waals surface area contributed by atoms with Crippen molar-refractivity contribution in [2.24, 2.45) is 5.92 Å². The van der Waals surface area contributed by atoms with Crippen molar-refractivity contribution >= 4 is 11.8 Å². The van der Waals surface area contributed by atoms with Gasteiger partial charge in [-0.15, -0.1) is 0 Å². The zero-order valence-corrected chi connectivity index (χ0v) is 14.6. The molecule has 6 nitrogen and oxygen atoms in total. The molecule has 2 amide bonds. The average Bonchev–Trinajstić information content (AvgIpc) is 2.61. The summed E-state index contributed by atoms with van der Waals surface area (Å²) in [7, 11) is 0. The Balaban J connectivity index is 2.15. The first-order chi connectivity index (χ1) is 13.0. The molecular formula is C19H17F3N2O4. The lowest BCUT2D eigenvalue weighted by Gasteiger charge is -2.45. The fourth-order valence-electron chi connectivity index (χ4n) is 3.20. The van der Waals surface area contributed by atoms with Gasteiger partial charge in [0.05, 0.1) is 6.04 Å². The summed E-state index contributed by atoms with van der Waals surface area (Å²) in [6, 6.07) is 8.06. The summed E-state index contributed by atoms with van der Waals surface area (Å²) in [4.78, 5) is 24.9. The molecule has 1 aliphatic rings. The van der Waals surface area contributed by atoms with Crippen LogP contribution in [0.25, 0.3) is 0 Å². The summed E-state index contributed by atoms with van der Waals surface area (Å²) >= 11 is 0. The van der Waals surface area contributed by atoms with Gasteiger partial charge < -0.3 is 20.8 Å². The molecule has 0 bridgehead atoms. The number of Topliss-reactive ketones (excluding diaryl/α,β-unsaturated/α-hetero) is 1. The number of aromatic hydroxyl groups is 1. The quantitative estimate of drug-likeness (QED) is 0.602. The molecule has 0 unspecified atom stereocenters. The molecule has 2 aromatic carbocycles. The Bertz CT molecular complexity index is 897. The van der Waals surface area contributed by atoms with Gasteiger partial charge >= 0.3 is 12.2 Å². The van der Waals surface area contributed by atoms with Crippen LogP contribution in [-0.2, 0) is 0 Å². The Kier molecular flexibility index (Phi) is 4.80. The number of urea groups is 1. The van der Waals surface area contributed by atoms with Crippen LogP contribution in [0, 0.1) is 12.8 Å². The lowest BCUT2D eigenvalue weighted by molar-refractivity contribution is -0.287. The van der Waals surface area contributed by atoms with Crippen LogP contribution < -0.4 is 10.6 Å². The number of phenols is 1. The van der Waals surface area contributed by atoms with Crippen molar-refractivity contribution in [2.45, 2.75) is 24.9 Å². The number of phenolic OH excluding ortho intramolecular Hbond substituents is 1. The zero-order chi connectivity index (χ0) is 20.7. The molecule has 0 radical (unpaired) electrons. The third kappa shape index (κ3) is 3.40. The van der Waals surface area contributed by atoms with Crippen LogP contribution in [-0.4, -0.2) is 33.9 Å². The molecule has 0 saturated carbocycles. The van der Waals surface area contributed by atoms with Gasteiger partial charge in [-0.3, -0.25) is 4.79 Å². The first-order valence-corrected chi connectivity index (χ1v) is 8.30. The minimum Gasteiger partial charge on any atom is -0.508 e. The van der Waals surface area contributed by atoms with Crippen LogP contribution in [0.5, 0.6) is 5.75 Å². The van der Waals surface area contributed by atoms with Crippen molar-refractivity contribution in [1.29, 1.82) is 0 Å². The van der Waals surface area contributed by atoms with Crippen molar-refractivity contribution in [3.8, 4) is 5.75 Å². The van der Waals surface area contributed by atoms with Gasteiger partial charge in [0.1, 0.15) is 11.7 Å². The van der Waals surface area contributed by atoms with Crippen LogP contribution >= 0.6 is 0 Å². The predicted molar refractivity (Wildman–Crippen MR) is 92.5 cm³/mol. The van der Waals surface area contributed by atoms with Gasteiger partial charge in [-0.05, 0) is 24.6 Å². The molecule has 1 aliphatic heterocycles. The minimum atomic E-state index is -5.31. The summed E-state index contributed by atoms with van der Waals surface area (Å²) in [6.45, 7) is 1.75. The topological polar surface area (TPSA) is 98.7 Å². The Morgan fingerprint density at radius 1 is 1.07 bits per heavy atom. The van der Waals surface area contributed by atoms with Crippen molar-refractivity contribution in [3.05, 3.63) is 65.2 Å². The monoisotopic (exact) mass is 394 g/mol. The van der Waals surface area contributed by atoms with E-state index in [0.717, 1.165) is 5.56 Å². The van der Waals surface area contributed by atoms with Gasteiger partial charge in [-0.2, -0.15) is 13.2 Å². The smallest absolute Gasteiger partial charge is 0.437 e. The number of aryl methyl sites for hydroxylation is 1. The number of aliphatic hydroxyl groups is 1. The molecular weight excluding hydrogens is 377 g/mol. The van der Waals surface area contributed by atoms with Crippen LogP contribution in [0.4, 0.5) is 18.0 Å². The largest absolute Gasteiger partial charge is 0.508 e. The SMILES string of the molecule is Cc1ccc(C(=O)[C@@H]2[C@H](c3ccc(O)cc3)NC(=O)N[C@@]2(O)C(F)(F)F)cc1. The molecule has 3 atom stereocenters. The maximum absolute atomic E-state index is 13.8. The average molecular weight is 394 g/mol. The van der Waals surface area contributed by atoms with E-state index in [1.54, 1.807) is 19.1 Å². The van der Waals surface area contributed by atoms with Crippen molar-refractivity contribution in [2.75, 3.05) is 0 Å². The first-order valence-electron chi connectivity index (χ1n) is 8.30. The highest BCUT2D eigenvalue weighted by Gasteiger charge is 2.66. The number of amides is 2. The number of halogens is 3. The third-order valence-corrected chi connectivity index (χ3v) is 4.68. The zero-order valence-electron chi connectivity index (χ0n) is 14.6. The highest BCUT2D eigenvalue weighted by atomic mass is 19.4. The van der Waals surface area contributed by atoms with Crippen LogP contribution in [0.15, 0.2) is 48.5 Å². The normalized spacial score (nSPS) is 25.0. The van der Waals surface area contributed by atoms with Crippen LogP contribution in [0.2, 0.25) is 0 Å². The Labute approximate surface area is 158 Å². The number of ketones is 1. The molecule has 2 aromatic rings. The summed E-state index contributed by atoms with van der Waals surface area (Å²) < 4.78 is 41.3. The van der Waals surface area contributed by atoms with E-state index in [1.165, 1.54) is 41.7 Å². The second-order valence-corrected chi connectivity index (χ2v) is 6.64. The van der Waals surface area contributed by atoms with E-state index in [1.807, 2.05) is 0 Å². The van der Waals surface area contributed by atoms with E-state index in [2.05, 4.69) is 5.32 Å². The fraction of sp³-hybridized carbons (Fsp3) is 0.263. The minimum absolute atomic E-state index is 0.0417. The maximum Gasteiger partial charge on any atom is 0.437 e. The lowest BCUT2D eigenvalue weighted by atomic mass is 9.77. The number of nitrogens with one attached hydrogen (secondary N) is 2. The molecule has 1 heterocycles. The summed E-state index contributed by atoms with van der Waals surface area (Å²) in [5.41, 5.74) is -2.89. The number of rotatable bonds is 3. The molecule has 148 valence electrons. The molecule has 0 aliphatic carbocycles. The second-order valence-electron chi connectivity index (χ2n) is 6.64. The molecule has 1 saturated heterocycles. The van der Waals surface area contributed by atoms with Gasteiger partial charge in [-0.25, -0.2) is 4.79 Å². The summed E-state index contributed by atoms with van der Waals surface area (Å²) in [6.07, 6.45) is -5.31. The molecule has 4 N–H and O–H groups in total. The van der Waals surface area contributed by atoms with Gasteiger partial charge in [0.15, 0.2) is 5.78 Å². The fourth-order valence-corrected chi connectivity index (χ4v) is 3.20. The lowest BCUT2D eigenvalue weighted by Crippen LogP contribution is -2.72. The Morgan fingerprint density at radius 2 is 1.64 bits per heavy atom. The van der Waals surface area contributed by atoms with E-state index >= 15 is 0 Å². The van der Waals surface area contributed by atoms with E-state index in [9.17, 15) is 33.0 Å². The van der Waals surface area contributed by atoms with Gasteiger partial charge in [0, 0.05) is 5.56 Å². The second kappa shape index (κ2) is 6.83. The number of hydrogen-bond acceptors (Lipinski definition) is 4. The summed E-state index contributed by atoms with van der Waals surface area (Å²) in [5.74, 6) is -3.24. The van der Waals surface area contributed by atoms with Gasteiger partial charge in [0.25, 0.3) is 0 Å². The molecule has 28 heavy (non-hydrogen) atoms. The molecule has 0 spiro atoms.